The second-order valence-corrected chi connectivity index (χ2v) is 5.63. The maximum atomic E-state index is 5.81. The molecule has 0 unspecified atom stereocenters. The molecule has 1 saturated heterocycles. The van der Waals surface area contributed by atoms with Crippen LogP contribution in [-0.4, -0.2) is 23.0 Å². The zero-order valence-electron chi connectivity index (χ0n) is 10.4. The van der Waals surface area contributed by atoms with E-state index in [1.165, 1.54) is 5.56 Å². The van der Waals surface area contributed by atoms with Gasteiger partial charge in [-0.05, 0) is 31.5 Å². The van der Waals surface area contributed by atoms with E-state index < -0.39 is 0 Å². The fourth-order valence-electron chi connectivity index (χ4n) is 2.29. The van der Waals surface area contributed by atoms with Crippen molar-refractivity contribution in [2.75, 3.05) is 13.1 Å². The Labute approximate surface area is 109 Å². The number of nitrogens with two attached hydrogens (primary N) is 1. The third kappa shape index (κ3) is 3.05. The van der Waals surface area contributed by atoms with Gasteiger partial charge >= 0.3 is 0 Å². The first-order valence-electron chi connectivity index (χ1n) is 6.16. The molecule has 1 aromatic rings. The minimum Gasteiger partial charge on any atom is -0.393 e. The van der Waals surface area contributed by atoms with Crippen LogP contribution in [0.15, 0.2) is 30.3 Å². The Morgan fingerprint density at radius 3 is 2.41 bits per heavy atom. The Bertz CT molecular complexity index is 380. The quantitative estimate of drug-likeness (QED) is 0.834. The molecule has 92 valence electrons. The molecule has 0 aromatic heterocycles. The van der Waals surface area contributed by atoms with Crippen molar-refractivity contribution in [1.29, 1.82) is 0 Å². The van der Waals surface area contributed by atoms with E-state index in [0.29, 0.717) is 4.99 Å². The summed E-state index contributed by atoms with van der Waals surface area (Å²) >= 11 is 5.16. The van der Waals surface area contributed by atoms with Gasteiger partial charge < -0.3 is 5.73 Å². The molecule has 0 bridgehead atoms. The molecule has 0 radical (unpaired) electrons. The summed E-state index contributed by atoms with van der Waals surface area (Å²) in [5, 5.41) is 0. The largest absolute Gasteiger partial charge is 0.393 e. The van der Waals surface area contributed by atoms with Crippen LogP contribution in [0.2, 0.25) is 0 Å². The molecular formula is C14H20N2S. The lowest BCUT2D eigenvalue weighted by Gasteiger charge is -2.38. The molecule has 2 rings (SSSR count). The number of piperidine rings is 1. The maximum Gasteiger partial charge on any atom is 0.0788 e. The highest BCUT2D eigenvalue weighted by molar-refractivity contribution is 7.80. The van der Waals surface area contributed by atoms with E-state index in [-0.39, 0.29) is 5.41 Å². The van der Waals surface area contributed by atoms with E-state index in [1.54, 1.807) is 0 Å². The summed E-state index contributed by atoms with van der Waals surface area (Å²) < 4.78 is 0. The van der Waals surface area contributed by atoms with Gasteiger partial charge in [0.1, 0.15) is 0 Å². The lowest BCUT2D eigenvalue weighted by molar-refractivity contribution is 0.158. The first kappa shape index (κ1) is 12.5. The molecule has 1 aliphatic rings. The fraction of sp³-hybridized carbons (Fsp3) is 0.500. The number of nitrogens with zero attached hydrogens (tertiary/aromatic N) is 1. The average molecular weight is 248 g/mol. The van der Waals surface area contributed by atoms with E-state index in [2.05, 4.69) is 42.2 Å². The summed E-state index contributed by atoms with van der Waals surface area (Å²) in [5.74, 6) is 0. The van der Waals surface area contributed by atoms with Gasteiger partial charge in [-0.1, -0.05) is 49.5 Å². The lowest BCUT2D eigenvalue weighted by atomic mass is 9.80. The van der Waals surface area contributed by atoms with Gasteiger partial charge in [0.05, 0.1) is 4.99 Å². The van der Waals surface area contributed by atoms with Crippen molar-refractivity contribution in [2.24, 2.45) is 11.1 Å². The molecule has 0 saturated carbocycles. The SMILES string of the molecule is CC1(C(N)=S)CCN(Cc2ccccc2)CC1. The van der Waals surface area contributed by atoms with Crippen molar-refractivity contribution < 1.29 is 0 Å². The predicted octanol–water partition coefficient (Wildman–Crippen LogP) is 2.57. The van der Waals surface area contributed by atoms with Gasteiger partial charge in [0, 0.05) is 12.0 Å². The van der Waals surface area contributed by atoms with Crippen LogP contribution in [0.25, 0.3) is 0 Å². The summed E-state index contributed by atoms with van der Waals surface area (Å²) in [5.41, 5.74) is 7.27. The average Bonchev–Trinajstić information content (AvgIpc) is 2.33. The molecule has 1 fully saturated rings. The monoisotopic (exact) mass is 248 g/mol. The molecule has 17 heavy (non-hydrogen) atoms. The van der Waals surface area contributed by atoms with E-state index in [9.17, 15) is 0 Å². The van der Waals surface area contributed by atoms with Crippen LogP contribution in [0, 0.1) is 5.41 Å². The van der Waals surface area contributed by atoms with Crippen molar-refractivity contribution in [3.8, 4) is 0 Å². The van der Waals surface area contributed by atoms with Gasteiger partial charge in [-0.15, -0.1) is 0 Å². The fourth-order valence-corrected chi connectivity index (χ4v) is 2.50. The van der Waals surface area contributed by atoms with Crippen LogP contribution in [0.4, 0.5) is 0 Å². The lowest BCUT2D eigenvalue weighted by Crippen LogP contribution is -2.44. The van der Waals surface area contributed by atoms with Gasteiger partial charge in [0.15, 0.2) is 0 Å². The minimum absolute atomic E-state index is 0.0719. The third-order valence-corrected chi connectivity index (χ3v) is 4.30. The van der Waals surface area contributed by atoms with E-state index >= 15 is 0 Å². The Morgan fingerprint density at radius 1 is 1.29 bits per heavy atom. The van der Waals surface area contributed by atoms with E-state index in [1.807, 2.05) is 0 Å². The first-order chi connectivity index (χ1) is 8.10. The molecule has 1 aliphatic heterocycles. The Hall–Kier alpha value is -0.930. The number of hydrogen-bond acceptors (Lipinski definition) is 2. The number of likely N-dealkylation sites (tertiary alicyclic amines) is 1. The normalized spacial score (nSPS) is 20.1. The van der Waals surface area contributed by atoms with E-state index in [4.69, 9.17) is 18.0 Å². The van der Waals surface area contributed by atoms with Crippen molar-refractivity contribution in [2.45, 2.75) is 26.3 Å². The van der Waals surface area contributed by atoms with Gasteiger partial charge in [-0.3, -0.25) is 4.90 Å². The number of thiocarbonyl (C=S) groups is 1. The van der Waals surface area contributed by atoms with E-state index in [0.717, 1.165) is 32.5 Å². The van der Waals surface area contributed by atoms with Crippen molar-refractivity contribution >= 4 is 17.2 Å². The number of hydrogen-bond donors (Lipinski definition) is 1. The second kappa shape index (κ2) is 5.15. The Morgan fingerprint density at radius 2 is 1.88 bits per heavy atom. The Kier molecular flexibility index (Phi) is 3.79. The summed E-state index contributed by atoms with van der Waals surface area (Å²) in [6, 6.07) is 10.6. The van der Waals surface area contributed by atoms with Gasteiger partial charge in [-0.2, -0.15) is 0 Å². The topological polar surface area (TPSA) is 29.3 Å². The number of rotatable bonds is 3. The zero-order valence-corrected chi connectivity index (χ0v) is 11.2. The molecule has 2 N–H and O–H groups in total. The molecule has 0 atom stereocenters. The highest BCUT2D eigenvalue weighted by Crippen LogP contribution is 2.31. The molecule has 2 nitrogen and oxygen atoms in total. The highest BCUT2D eigenvalue weighted by Gasteiger charge is 2.32. The van der Waals surface area contributed by atoms with Gasteiger partial charge in [-0.25, -0.2) is 0 Å². The zero-order chi connectivity index (χ0) is 12.3. The standard InChI is InChI=1S/C14H20N2S/c1-14(13(15)17)7-9-16(10-8-14)11-12-5-3-2-4-6-12/h2-6H,7-11H2,1H3,(H2,15,17). The van der Waals surface area contributed by atoms with Crippen molar-refractivity contribution in [3.05, 3.63) is 35.9 Å². The molecule has 1 heterocycles. The second-order valence-electron chi connectivity index (χ2n) is 5.19. The summed E-state index contributed by atoms with van der Waals surface area (Å²) in [6.07, 6.45) is 2.16. The highest BCUT2D eigenvalue weighted by atomic mass is 32.1. The summed E-state index contributed by atoms with van der Waals surface area (Å²) in [4.78, 5) is 3.16. The minimum atomic E-state index is 0.0719. The van der Waals surface area contributed by atoms with Crippen LogP contribution in [0.3, 0.4) is 0 Å². The number of benzene rings is 1. The molecule has 0 amide bonds. The van der Waals surface area contributed by atoms with Crippen LogP contribution >= 0.6 is 12.2 Å². The molecular weight excluding hydrogens is 228 g/mol. The van der Waals surface area contributed by atoms with Crippen LogP contribution in [0.5, 0.6) is 0 Å². The molecule has 0 aliphatic carbocycles. The van der Waals surface area contributed by atoms with Gasteiger partial charge in [0.25, 0.3) is 0 Å². The molecule has 3 heteroatoms. The Balaban J connectivity index is 1.90. The molecule has 1 aromatic carbocycles. The van der Waals surface area contributed by atoms with Crippen molar-refractivity contribution in [3.63, 3.8) is 0 Å². The van der Waals surface area contributed by atoms with Crippen LogP contribution in [0.1, 0.15) is 25.3 Å². The summed E-state index contributed by atoms with van der Waals surface area (Å²) in [6.45, 7) is 5.40. The smallest absolute Gasteiger partial charge is 0.0788 e. The maximum absolute atomic E-state index is 5.81. The third-order valence-electron chi connectivity index (χ3n) is 3.80. The molecule has 0 spiro atoms. The van der Waals surface area contributed by atoms with Crippen LogP contribution in [-0.2, 0) is 6.54 Å². The predicted molar refractivity (Wildman–Crippen MR) is 75.8 cm³/mol. The first-order valence-corrected chi connectivity index (χ1v) is 6.57. The summed E-state index contributed by atoms with van der Waals surface area (Å²) in [7, 11) is 0. The van der Waals surface area contributed by atoms with Gasteiger partial charge in [0.2, 0.25) is 0 Å². The van der Waals surface area contributed by atoms with Crippen molar-refractivity contribution in [1.82, 2.24) is 4.90 Å². The van der Waals surface area contributed by atoms with Crippen LogP contribution < -0.4 is 5.73 Å².